The minimum absolute atomic E-state index is 0.0506. The largest absolute Gasteiger partial charge is 0.391 e. The first kappa shape index (κ1) is 11.8. The van der Waals surface area contributed by atoms with E-state index >= 15 is 0 Å². The smallest absolute Gasteiger partial charge is 0.110 e. The third kappa shape index (κ3) is 3.44. The summed E-state index contributed by atoms with van der Waals surface area (Å²) in [5.74, 6) is 4.88. The van der Waals surface area contributed by atoms with Crippen molar-refractivity contribution in [1.29, 1.82) is 0 Å². The Morgan fingerprint density at radius 3 is 2.00 bits per heavy atom. The topological polar surface area (TPSA) is 119 Å². The molecule has 0 aromatic carbocycles. The van der Waals surface area contributed by atoms with Gasteiger partial charge in [0.1, 0.15) is 12.2 Å². The standard InChI is InChI=1S/C6H16N2O4/c1-3(9)5(11)6(12)4(10)2-8-7/h3-6,8-12H,2,7H2,1H3/t3-,4-,5-,6-/m0/s1. The summed E-state index contributed by atoms with van der Waals surface area (Å²) in [6.07, 6.45) is -5.05. The zero-order chi connectivity index (χ0) is 9.72. The molecule has 6 heteroatoms. The number of hydrazine groups is 1. The summed E-state index contributed by atoms with van der Waals surface area (Å²) in [5.41, 5.74) is 2.14. The highest BCUT2D eigenvalue weighted by Crippen LogP contribution is 2.03. The Bertz CT molecular complexity index is 122. The van der Waals surface area contributed by atoms with Gasteiger partial charge in [-0.2, -0.15) is 0 Å². The molecule has 0 rings (SSSR count). The molecule has 74 valence electrons. The monoisotopic (exact) mass is 180 g/mol. The van der Waals surface area contributed by atoms with E-state index in [0.29, 0.717) is 0 Å². The second-order valence-corrected chi connectivity index (χ2v) is 2.70. The molecular formula is C6H16N2O4. The first-order valence-corrected chi connectivity index (χ1v) is 3.66. The Kier molecular flexibility index (Phi) is 5.31. The molecule has 0 aromatic heterocycles. The summed E-state index contributed by atoms with van der Waals surface area (Å²) in [4.78, 5) is 0. The molecule has 12 heavy (non-hydrogen) atoms. The lowest BCUT2D eigenvalue weighted by atomic mass is 10.0. The molecule has 0 unspecified atom stereocenters. The second-order valence-electron chi connectivity index (χ2n) is 2.70. The molecule has 0 bridgehead atoms. The van der Waals surface area contributed by atoms with Crippen LogP contribution in [0.2, 0.25) is 0 Å². The third-order valence-corrected chi connectivity index (χ3v) is 1.57. The van der Waals surface area contributed by atoms with Crippen LogP contribution in [0.1, 0.15) is 6.92 Å². The summed E-state index contributed by atoms with van der Waals surface area (Å²) in [7, 11) is 0. The zero-order valence-corrected chi connectivity index (χ0v) is 6.88. The van der Waals surface area contributed by atoms with E-state index in [1.54, 1.807) is 0 Å². The summed E-state index contributed by atoms with van der Waals surface area (Å²) in [6, 6.07) is 0. The normalized spacial score (nSPS) is 21.5. The second kappa shape index (κ2) is 5.41. The molecular weight excluding hydrogens is 164 g/mol. The van der Waals surface area contributed by atoms with Crippen molar-refractivity contribution < 1.29 is 20.4 Å². The van der Waals surface area contributed by atoms with Crippen molar-refractivity contribution in [1.82, 2.24) is 5.43 Å². The number of nitrogens with one attached hydrogen (secondary N) is 1. The highest BCUT2D eigenvalue weighted by atomic mass is 16.4. The molecule has 0 radical (unpaired) electrons. The molecule has 0 spiro atoms. The van der Waals surface area contributed by atoms with Gasteiger partial charge in [-0.15, -0.1) is 0 Å². The summed E-state index contributed by atoms with van der Waals surface area (Å²) in [6.45, 7) is 1.27. The molecule has 0 aliphatic heterocycles. The van der Waals surface area contributed by atoms with Gasteiger partial charge >= 0.3 is 0 Å². The Morgan fingerprint density at radius 2 is 1.67 bits per heavy atom. The summed E-state index contributed by atoms with van der Waals surface area (Å²) >= 11 is 0. The Labute approximate surface area is 70.6 Å². The minimum atomic E-state index is -1.40. The van der Waals surface area contributed by atoms with E-state index in [1.165, 1.54) is 6.92 Å². The number of nitrogens with two attached hydrogens (primary N) is 1. The Morgan fingerprint density at radius 1 is 1.17 bits per heavy atom. The number of aliphatic hydroxyl groups is 4. The lowest BCUT2D eigenvalue weighted by molar-refractivity contribution is -0.0986. The third-order valence-electron chi connectivity index (χ3n) is 1.57. The van der Waals surface area contributed by atoms with Crippen LogP contribution >= 0.6 is 0 Å². The van der Waals surface area contributed by atoms with Gasteiger partial charge in [-0.1, -0.05) is 0 Å². The lowest BCUT2D eigenvalue weighted by Crippen LogP contribution is -2.48. The van der Waals surface area contributed by atoms with Crippen molar-refractivity contribution in [2.75, 3.05) is 6.54 Å². The van der Waals surface area contributed by atoms with Gasteiger partial charge in [-0.05, 0) is 6.92 Å². The number of rotatable bonds is 5. The van der Waals surface area contributed by atoms with Crippen LogP contribution in [0.25, 0.3) is 0 Å². The van der Waals surface area contributed by atoms with Gasteiger partial charge < -0.3 is 20.4 Å². The van der Waals surface area contributed by atoms with Gasteiger partial charge in [0.25, 0.3) is 0 Å². The van der Waals surface area contributed by atoms with Crippen molar-refractivity contribution in [2.45, 2.75) is 31.3 Å². The maximum atomic E-state index is 9.13. The quantitative estimate of drug-likeness (QED) is 0.197. The van der Waals surface area contributed by atoms with Crippen LogP contribution in [0.3, 0.4) is 0 Å². The lowest BCUT2D eigenvalue weighted by Gasteiger charge is -2.24. The highest BCUT2D eigenvalue weighted by Gasteiger charge is 2.27. The molecule has 0 aliphatic carbocycles. The van der Waals surface area contributed by atoms with E-state index in [4.69, 9.17) is 26.3 Å². The highest BCUT2D eigenvalue weighted by molar-refractivity contribution is 4.79. The summed E-state index contributed by atoms with van der Waals surface area (Å²) < 4.78 is 0. The maximum Gasteiger partial charge on any atom is 0.110 e. The number of aliphatic hydroxyl groups excluding tert-OH is 4. The molecule has 4 atom stereocenters. The van der Waals surface area contributed by atoms with E-state index in [0.717, 1.165) is 0 Å². The first-order chi connectivity index (χ1) is 5.50. The van der Waals surface area contributed by atoms with E-state index < -0.39 is 24.4 Å². The Balaban J connectivity index is 3.90. The van der Waals surface area contributed by atoms with Gasteiger partial charge in [-0.3, -0.25) is 11.3 Å². The van der Waals surface area contributed by atoms with Gasteiger partial charge in [0.2, 0.25) is 0 Å². The predicted molar refractivity (Wildman–Crippen MR) is 41.9 cm³/mol. The molecule has 0 aliphatic rings. The SMILES string of the molecule is C[C@H](O)[C@H](O)[C@@H](O)[C@@H](O)CNN. The van der Waals surface area contributed by atoms with Crippen LogP contribution in [0.4, 0.5) is 0 Å². The van der Waals surface area contributed by atoms with E-state index in [-0.39, 0.29) is 6.54 Å². The molecule has 7 N–H and O–H groups in total. The molecule has 0 aromatic rings. The molecule has 0 saturated carbocycles. The molecule has 0 amide bonds. The van der Waals surface area contributed by atoms with Crippen molar-refractivity contribution in [3.63, 3.8) is 0 Å². The zero-order valence-electron chi connectivity index (χ0n) is 6.88. The fourth-order valence-electron chi connectivity index (χ4n) is 0.754. The van der Waals surface area contributed by atoms with Crippen LogP contribution in [0.5, 0.6) is 0 Å². The average Bonchev–Trinajstić information content (AvgIpc) is 2.02. The van der Waals surface area contributed by atoms with Crippen molar-refractivity contribution >= 4 is 0 Å². The maximum absolute atomic E-state index is 9.13. The van der Waals surface area contributed by atoms with E-state index in [1.807, 2.05) is 0 Å². The van der Waals surface area contributed by atoms with Crippen molar-refractivity contribution in [3.8, 4) is 0 Å². The first-order valence-electron chi connectivity index (χ1n) is 3.66. The number of hydrogen-bond donors (Lipinski definition) is 6. The molecule has 0 heterocycles. The van der Waals surface area contributed by atoms with Gasteiger partial charge in [-0.25, -0.2) is 0 Å². The average molecular weight is 180 g/mol. The van der Waals surface area contributed by atoms with Crippen LogP contribution in [-0.2, 0) is 0 Å². The van der Waals surface area contributed by atoms with Crippen molar-refractivity contribution in [3.05, 3.63) is 0 Å². The Hall–Kier alpha value is -0.240. The van der Waals surface area contributed by atoms with Gasteiger partial charge in [0.15, 0.2) is 0 Å². The molecule has 6 nitrogen and oxygen atoms in total. The van der Waals surface area contributed by atoms with Crippen LogP contribution in [0, 0.1) is 0 Å². The fraction of sp³-hybridized carbons (Fsp3) is 1.00. The molecule has 0 fully saturated rings. The predicted octanol–water partition coefficient (Wildman–Crippen LogP) is -3.09. The minimum Gasteiger partial charge on any atom is -0.391 e. The van der Waals surface area contributed by atoms with E-state index in [2.05, 4.69) is 5.43 Å². The van der Waals surface area contributed by atoms with Crippen LogP contribution in [-0.4, -0.2) is 51.4 Å². The molecule has 0 saturated heterocycles. The van der Waals surface area contributed by atoms with Crippen LogP contribution in [0.15, 0.2) is 0 Å². The van der Waals surface area contributed by atoms with Gasteiger partial charge in [0.05, 0.1) is 12.2 Å². The fourth-order valence-corrected chi connectivity index (χ4v) is 0.754. The number of hydrogen-bond acceptors (Lipinski definition) is 6. The van der Waals surface area contributed by atoms with Crippen LogP contribution < -0.4 is 11.3 Å². The summed E-state index contributed by atoms with van der Waals surface area (Å²) in [5, 5.41) is 36.1. The van der Waals surface area contributed by atoms with Crippen molar-refractivity contribution in [2.24, 2.45) is 5.84 Å². The van der Waals surface area contributed by atoms with E-state index in [9.17, 15) is 0 Å². The van der Waals surface area contributed by atoms with Gasteiger partial charge in [0, 0.05) is 6.54 Å².